The van der Waals surface area contributed by atoms with E-state index in [0.29, 0.717) is 0 Å². The van der Waals surface area contributed by atoms with Crippen LogP contribution in [0.1, 0.15) is 40.7 Å². The molecule has 338 valence electrons. The van der Waals surface area contributed by atoms with Crippen molar-refractivity contribution in [1.82, 2.24) is 28.7 Å². The predicted octanol–water partition coefficient (Wildman–Crippen LogP) is 13.5. The van der Waals surface area contributed by atoms with Crippen LogP contribution >= 0.6 is 0 Å². The summed E-state index contributed by atoms with van der Waals surface area (Å²) in [6.45, 7) is 2.34. The van der Waals surface area contributed by atoms with Crippen molar-refractivity contribution >= 4 is 66.7 Å². The maximum atomic E-state index is 7.04. The van der Waals surface area contributed by atoms with Gasteiger partial charge < -0.3 is 13.9 Å². The Kier molecular flexibility index (Phi) is 8.01. The normalized spacial score (nSPS) is 17.3. The Bertz CT molecular complexity index is 4510. The molecule has 1 spiro atoms. The molecule has 0 fully saturated rings. The van der Waals surface area contributed by atoms with Gasteiger partial charge in [0, 0.05) is 85.1 Å². The summed E-state index contributed by atoms with van der Waals surface area (Å²) in [6.07, 6.45) is 10.9. The van der Waals surface area contributed by atoms with Crippen molar-refractivity contribution in [2.75, 3.05) is 0 Å². The Morgan fingerprint density at radius 2 is 1.00 bits per heavy atom. The largest absolute Gasteiger partial charge is 0.457 e. The Hall–Kier alpha value is -9.33. The number of ether oxygens (including phenoxy) is 1. The maximum Gasteiger partial charge on any atom is 0.162 e. The fraction of sp³-hybridized carbons (Fsp3) is 0.0615. The van der Waals surface area contributed by atoms with Crippen LogP contribution < -0.4 is 15.3 Å². The van der Waals surface area contributed by atoms with Gasteiger partial charge in [0.1, 0.15) is 11.5 Å². The highest BCUT2D eigenvalue weighted by molar-refractivity contribution is 6.10. The van der Waals surface area contributed by atoms with Crippen molar-refractivity contribution in [2.45, 2.75) is 18.3 Å². The molecule has 0 N–H and O–H groups in total. The molecule has 16 rings (SSSR count). The summed E-state index contributed by atoms with van der Waals surface area (Å²) < 4.78 is 14.2. The van der Waals surface area contributed by atoms with Crippen LogP contribution in [0.5, 0.6) is 11.5 Å². The summed E-state index contributed by atoms with van der Waals surface area (Å²) in [7, 11) is 0. The number of aromatic nitrogens is 6. The minimum Gasteiger partial charge on any atom is -0.457 e. The molecule has 3 atom stereocenters. The van der Waals surface area contributed by atoms with E-state index in [-0.39, 0.29) is 11.8 Å². The topological polar surface area (TPSA) is 62.7 Å². The van der Waals surface area contributed by atoms with E-state index < -0.39 is 5.41 Å². The minimum atomic E-state index is -0.740. The van der Waals surface area contributed by atoms with Crippen LogP contribution in [0.25, 0.3) is 95.2 Å². The summed E-state index contributed by atoms with van der Waals surface area (Å²) in [5.41, 5.74) is 14.4. The SMILES string of the molecule is CC1C=c2c(c3ccccc3n2-c2ncccc2-n2c3ccccc3c3ccccc32)=CC1c1cnc2c(c1)C1(c3ccccc3Oc3cc(-n4c5ccccc5c5ccccc54)ccc31)c1cccnc1-2. The number of hydrogen-bond acceptors (Lipinski definition) is 4. The van der Waals surface area contributed by atoms with Gasteiger partial charge in [0.05, 0.1) is 55.4 Å². The van der Waals surface area contributed by atoms with Crippen LogP contribution in [0.3, 0.4) is 0 Å². The second-order valence-corrected chi connectivity index (χ2v) is 19.5. The number of para-hydroxylation sites is 6. The Morgan fingerprint density at radius 1 is 0.444 bits per heavy atom. The molecule has 72 heavy (non-hydrogen) atoms. The highest BCUT2D eigenvalue weighted by atomic mass is 16.5. The fourth-order valence-electron chi connectivity index (χ4n) is 13.0. The minimum absolute atomic E-state index is 0.0241. The molecule has 13 aromatic rings. The number of hydrogen-bond donors (Lipinski definition) is 0. The lowest BCUT2D eigenvalue weighted by Gasteiger charge is -2.39. The molecule has 0 saturated carbocycles. The molecule has 0 bridgehead atoms. The molecule has 0 saturated heterocycles. The average molecular weight is 923 g/mol. The summed E-state index contributed by atoms with van der Waals surface area (Å²) in [6, 6.07) is 69.8. The van der Waals surface area contributed by atoms with Gasteiger partial charge in [0.15, 0.2) is 5.82 Å². The van der Waals surface area contributed by atoms with Crippen molar-refractivity contribution in [3.05, 3.63) is 251 Å². The van der Waals surface area contributed by atoms with Crippen molar-refractivity contribution in [2.24, 2.45) is 5.92 Å². The summed E-state index contributed by atoms with van der Waals surface area (Å²) in [5, 5.41) is 8.42. The molecule has 1 aliphatic heterocycles. The van der Waals surface area contributed by atoms with Crippen molar-refractivity contribution in [3.63, 3.8) is 0 Å². The van der Waals surface area contributed by atoms with Gasteiger partial charge in [-0.3, -0.25) is 14.5 Å². The van der Waals surface area contributed by atoms with E-state index in [2.05, 4.69) is 233 Å². The lowest BCUT2D eigenvalue weighted by atomic mass is 9.66. The standard InChI is InChI=1S/C65H42N6O/c1-39-34-59-48(46-20-6-12-27-57(46)71(59)64-58(28-15-33-67-64)70-55-25-10-4-18-44(55)45-19-5-11-26-56(45)70)37-47(39)40-35-52-63(68-38-40)62-51(22-14-32-66-62)65(52)49-21-7-13-29-60(49)72-61-36-41(30-31-50(61)65)69-53-23-8-2-16-42(53)43-17-3-9-24-54(43)69/h2-39,47H,1H3. The maximum absolute atomic E-state index is 7.04. The van der Waals surface area contributed by atoms with Gasteiger partial charge in [0.25, 0.3) is 0 Å². The number of pyridine rings is 3. The van der Waals surface area contributed by atoms with E-state index in [1.165, 1.54) is 32.1 Å². The van der Waals surface area contributed by atoms with Crippen molar-refractivity contribution in [3.8, 4) is 40.1 Å². The van der Waals surface area contributed by atoms with Gasteiger partial charge >= 0.3 is 0 Å². The third-order valence-electron chi connectivity index (χ3n) is 15.9. The van der Waals surface area contributed by atoms with E-state index in [9.17, 15) is 0 Å². The average Bonchev–Trinajstić information content (AvgIpc) is 4.14. The van der Waals surface area contributed by atoms with E-state index in [4.69, 9.17) is 19.7 Å². The van der Waals surface area contributed by atoms with Crippen LogP contribution in [0.2, 0.25) is 0 Å². The number of rotatable bonds is 4. The number of nitrogens with zero attached hydrogens (tertiary/aromatic N) is 6. The number of benzene rings is 7. The fourth-order valence-corrected chi connectivity index (χ4v) is 13.0. The first-order chi connectivity index (χ1) is 35.6. The molecular weight excluding hydrogens is 881 g/mol. The molecular formula is C65H42N6O. The molecule has 3 unspecified atom stereocenters. The second kappa shape index (κ2) is 14.6. The van der Waals surface area contributed by atoms with E-state index >= 15 is 0 Å². The smallest absolute Gasteiger partial charge is 0.162 e. The monoisotopic (exact) mass is 922 g/mol. The Labute approximate surface area is 413 Å². The summed E-state index contributed by atoms with van der Waals surface area (Å²) in [5.74, 6) is 2.67. The predicted molar refractivity (Wildman–Crippen MR) is 289 cm³/mol. The summed E-state index contributed by atoms with van der Waals surface area (Å²) >= 11 is 0. The number of fused-ring (bicyclic) bond motifs is 18. The molecule has 7 aromatic carbocycles. The van der Waals surface area contributed by atoms with E-state index in [1.807, 2.05) is 12.4 Å². The lowest BCUT2D eigenvalue weighted by Crippen LogP contribution is -2.35. The third-order valence-corrected chi connectivity index (χ3v) is 15.9. The molecule has 7 heterocycles. The Balaban J connectivity index is 0.895. The quantitative estimate of drug-likeness (QED) is 0.176. The zero-order valence-electron chi connectivity index (χ0n) is 39.1. The van der Waals surface area contributed by atoms with Crippen LogP contribution in [0, 0.1) is 5.92 Å². The van der Waals surface area contributed by atoms with Gasteiger partial charge in [-0.2, -0.15) is 0 Å². The Morgan fingerprint density at radius 3 is 1.71 bits per heavy atom. The molecule has 0 amide bonds. The highest BCUT2D eigenvalue weighted by Gasteiger charge is 2.53. The van der Waals surface area contributed by atoms with Gasteiger partial charge in [-0.1, -0.05) is 140 Å². The van der Waals surface area contributed by atoms with Crippen molar-refractivity contribution < 1.29 is 4.74 Å². The molecule has 7 nitrogen and oxygen atoms in total. The van der Waals surface area contributed by atoms with Crippen LogP contribution in [0.15, 0.2) is 213 Å². The first kappa shape index (κ1) is 39.5. The van der Waals surface area contributed by atoms with Gasteiger partial charge in [-0.25, -0.2) is 4.98 Å². The van der Waals surface area contributed by atoms with E-state index in [0.717, 1.165) is 101 Å². The molecule has 2 aliphatic carbocycles. The zero-order chi connectivity index (χ0) is 47.2. The second-order valence-electron chi connectivity index (χ2n) is 19.5. The van der Waals surface area contributed by atoms with Gasteiger partial charge in [0.2, 0.25) is 0 Å². The van der Waals surface area contributed by atoms with Gasteiger partial charge in [-0.05, 0) is 83.8 Å². The first-order valence-corrected chi connectivity index (χ1v) is 24.8. The van der Waals surface area contributed by atoms with Crippen LogP contribution in [-0.2, 0) is 5.41 Å². The summed E-state index contributed by atoms with van der Waals surface area (Å²) in [4.78, 5) is 15.8. The van der Waals surface area contributed by atoms with E-state index in [1.54, 1.807) is 0 Å². The molecule has 0 radical (unpaired) electrons. The lowest BCUT2D eigenvalue weighted by molar-refractivity contribution is 0.436. The van der Waals surface area contributed by atoms with Gasteiger partial charge in [-0.15, -0.1) is 0 Å². The third kappa shape index (κ3) is 5.16. The zero-order valence-corrected chi connectivity index (χ0v) is 39.1. The first-order valence-electron chi connectivity index (χ1n) is 24.8. The molecule has 3 aliphatic rings. The molecule has 7 heteroatoms. The highest BCUT2D eigenvalue weighted by Crippen LogP contribution is 2.62. The molecule has 6 aromatic heterocycles. The van der Waals surface area contributed by atoms with Crippen LogP contribution in [0.4, 0.5) is 0 Å². The van der Waals surface area contributed by atoms with Crippen LogP contribution in [-0.4, -0.2) is 28.7 Å². The van der Waals surface area contributed by atoms with Crippen molar-refractivity contribution in [1.29, 1.82) is 0 Å².